The highest BCUT2D eigenvalue weighted by atomic mass is 35.5. The molecule has 1 aromatic rings. The summed E-state index contributed by atoms with van der Waals surface area (Å²) in [5, 5.41) is 20.8. The van der Waals surface area contributed by atoms with E-state index in [1.807, 2.05) is 0 Å². The van der Waals surface area contributed by atoms with Crippen LogP contribution in [0.25, 0.3) is 0 Å². The predicted molar refractivity (Wildman–Crippen MR) is 81.5 cm³/mol. The average Bonchev–Trinajstić information content (AvgIpc) is 2.92. The van der Waals surface area contributed by atoms with E-state index in [1.54, 1.807) is 24.3 Å². The number of hydrogen-bond acceptors (Lipinski definition) is 4. The van der Waals surface area contributed by atoms with Gasteiger partial charge in [0, 0.05) is 18.7 Å². The molecular weight excluding hydrogens is 278 g/mol. The van der Waals surface area contributed by atoms with Gasteiger partial charge in [-0.2, -0.15) is 0 Å². The van der Waals surface area contributed by atoms with Gasteiger partial charge in [0.2, 0.25) is 0 Å². The van der Waals surface area contributed by atoms with Crippen LogP contribution in [-0.2, 0) is 0 Å². The van der Waals surface area contributed by atoms with Gasteiger partial charge in [0.05, 0.1) is 0 Å². The number of likely N-dealkylation sites (tertiary alicyclic amines) is 1. The first-order valence-corrected chi connectivity index (χ1v) is 6.63. The Labute approximate surface area is 125 Å². The van der Waals surface area contributed by atoms with Gasteiger partial charge in [-0.25, -0.2) is 0 Å². The van der Waals surface area contributed by atoms with E-state index in [0.717, 1.165) is 19.6 Å². The van der Waals surface area contributed by atoms with Gasteiger partial charge < -0.3 is 20.3 Å². The van der Waals surface area contributed by atoms with E-state index in [4.69, 9.17) is 10.0 Å². The molecule has 110 valence electrons. The van der Waals surface area contributed by atoms with Crippen LogP contribution < -0.4 is 10.8 Å². The van der Waals surface area contributed by atoms with Crippen LogP contribution in [0.4, 0.5) is 0 Å². The first-order valence-electron chi connectivity index (χ1n) is 6.63. The molecule has 0 radical (unpaired) electrons. The van der Waals surface area contributed by atoms with Crippen molar-refractivity contribution in [3.63, 3.8) is 0 Å². The molecule has 0 spiro atoms. The lowest BCUT2D eigenvalue weighted by atomic mass is 9.80. The smallest absolute Gasteiger partial charge is 0.423 e. The van der Waals surface area contributed by atoms with Crippen molar-refractivity contribution < 1.29 is 14.8 Å². The third kappa shape index (κ3) is 4.79. The molecule has 0 aromatic heterocycles. The SMILES string of the molecule is Cl.O=C(NCCN1CCCC1)c1ccc(B(O)O)cc1. The predicted octanol–water partition coefficient (Wildman–Crippen LogP) is -0.386. The second kappa shape index (κ2) is 8.27. The number of benzene rings is 1. The van der Waals surface area contributed by atoms with Gasteiger partial charge in [0.15, 0.2) is 0 Å². The maximum atomic E-state index is 11.8. The molecule has 1 saturated heterocycles. The minimum absolute atomic E-state index is 0. The number of nitrogens with zero attached hydrogens (tertiary/aromatic N) is 1. The first-order chi connectivity index (χ1) is 9.16. The van der Waals surface area contributed by atoms with Crippen molar-refractivity contribution >= 4 is 30.9 Å². The first kappa shape index (κ1) is 17.0. The standard InChI is InChI=1S/C13H19BN2O3.ClH/c17-13(15-7-10-16-8-1-2-9-16)11-3-5-12(6-4-11)14(18)19;/h3-6,18-19H,1-2,7-10H2,(H,15,17);1H. The highest BCUT2D eigenvalue weighted by molar-refractivity contribution is 6.58. The molecule has 7 heteroatoms. The molecule has 0 bridgehead atoms. The van der Waals surface area contributed by atoms with E-state index in [0.29, 0.717) is 17.6 Å². The van der Waals surface area contributed by atoms with Crippen LogP contribution in [0.3, 0.4) is 0 Å². The Bertz CT molecular complexity index is 422. The molecule has 1 aromatic carbocycles. The molecule has 1 fully saturated rings. The summed E-state index contributed by atoms with van der Waals surface area (Å²) >= 11 is 0. The third-order valence-corrected chi connectivity index (χ3v) is 3.38. The van der Waals surface area contributed by atoms with Crippen molar-refractivity contribution in [2.75, 3.05) is 26.2 Å². The zero-order valence-corrected chi connectivity index (χ0v) is 12.1. The molecular formula is C13H20BClN2O3. The van der Waals surface area contributed by atoms with Gasteiger partial charge >= 0.3 is 7.12 Å². The fourth-order valence-corrected chi connectivity index (χ4v) is 2.24. The Balaban J connectivity index is 0.00000200. The summed E-state index contributed by atoms with van der Waals surface area (Å²) < 4.78 is 0. The Morgan fingerprint density at radius 1 is 1.20 bits per heavy atom. The second-order valence-electron chi connectivity index (χ2n) is 4.80. The average molecular weight is 299 g/mol. The lowest BCUT2D eigenvalue weighted by molar-refractivity contribution is 0.0949. The van der Waals surface area contributed by atoms with Crippen LogP contribution in [0.1, 0.15) is 23.2 Å². The summed E-state index contributed by atoms with van der Waals surface area (Å²) in [6.07, 6.45) is 2.50. The second-order valence-corrected chi connectivity index (χ2v) is 4.80. The van der Waals surface area contributed by atoms with Crippen molar-refractivity contribution in [1.29, 1.82) is 0 Å². The van der Waals surface area contributed by atoms with Crippen LogP contribution in [0.2, 0.25) is 0 Å². The summed E-state index contributed by atoms with van der Waals surface area (Å²) in [5.74, 6) is -0.127. The third-order valence-electron chi connectivity index (χ3n) is 3.38. The van der Waals surface area contributed by atoms with Gasteiger partial charge in [-0.15, -0.1) is 12.4 Å². The zero-order chi connectivity index (χ0) is 13.7. The molecule has 2 rings (SSSR count). The number of halogens is 1. The van der Waals surface area contributed by atoms with Gasteiger partial charge in [-0.1, -0.05) is 12.1 Å². The van der Waals surface area contributed by atoms with Crippen molar-refractivity contribution in [3.05, 3.63) is 29.8 Å². The van der Waals surface area contributed by atoms with Crippen LogP contribution >= 0.6 is 12.4 Å². The van der Waals surface area contributed by atoms with Crippen molar-refractivity contribution in [2.24, 2.45) is 0 Å². The minimum atomic E-state index is -1.49. The van der Waals surface area contributed by atoms with E-state index in [1.165, 1.54) is 12.8 Å². The van der Waals surface area contributed by atoms with E-state index in [9.17, 15) is 4.79 Å². The van der Waals surface area contributed by atoms with E-state index in [-0.39, 0.29) is 18.3 Å². The monoisotopic (exact) mass is 298 g/mol. The van der Waals surface area contributed by atoms with E-state index in [2.05, 4.69) is 10.2 Å². The quantitative estimate of drug-likeness (QED) is 0.648. The molecule has 0 atom stereocenters. The maximum Gasteiger partial charge on any atom is 0.488 e. The Morgan fingerprint density at radius 3 is 2.35 bits per heavy atom. The largest absolute Gasteiger partial charge is 0.488 e. The normalized spacial score (nSPS) is 14.7. The number of carbonyl (C=O) groups is 1. The Hall–Kier alpha value is -1.08. The minimum Gasteiger partial charge on any atom is -0.423 e. The molecule has 20 heavy (non-hydrogen) atoms. The summed E-state index contributed by atoms with van der Waals surface area (Å²) in [6, 6.07) is 6.28. The van der Waals surface area contributed by atoms with Gasteiger partial charge in [-0.3, -0.25) is 4.79 Å². The van der Waals surface area contributed by atoms with Gasteiger partial charge in [-0.05, 0) is 43.5 Å². The molecule has 1 aliphatic heterocycles. The summed E-state index contributed by atoms with van der Waals surface area (Å²) in [7, 11) is -1.49. The summed E-state index contributed by atoms with van der Waals surface area (Å²) in [4.78, 5) is 14.2. The molecule has 1 heterocycles. The highest BCUT2D eigenvalue weighted by Crippen LogP contribution is 2.05. The van der Waals surface area contributed by atoms with Gasteiger partial charge in [0.25, 0.3) is 5.91 Å². The van der Waals surface area contributed by atoms with Crippen molar-refractivity contribution in [1.82, 2.24) is 10.2 Å². The summed E-state index contributed by atoms with van der Waals surface area (Å²) in [5.41, 5.74) is 0.916. The van der Waals surface area contributed by atoms with Crippen LogP contribution in [0, 0.1) is 0 Å². The van der Waals surface area contributed by atoms with Crippen LogP contribution in [-0.4, -0.2) is 54.2 Å². The molecule has 1 amide bonds. The molecule has 0 saturated carbocycles. The number of hydrogen-bond donors (Lipinski definition) is 3. The molecule has 0 aliphatic carbocycles. The Morgan fingerprint density at radius 2 is 1.80 bits per heavy atom. The fraction of sp³-hybridized carbons (Fsp3) is 0.462. The number of nitrogens with one attached hydrogen (secondary N) is 1. The van der Waals surface area contributed by atoms with Crippen molar-refractivity contribution in [2.45, 2.75) is 12.8 Å². The zero-order valence-electron chi connectivity index (χ0n) is 11.3. The van der Waals surface area contributed by atoms with Gasteiger partial charge in [0.1, 0.15) is 0 Å². The number of rotatable bonds is 5. The number of carbonyl (C=O) groups excluding carboxylic acids is 1. The lowest BCUT2D eigenvalue weighted by Gasteiger charge is -2.14. The molecule has 1 aliphatic rings. The molecule has 0 unspecified atom stereocenters. The van der Waals surface area contributed by atoms with Crippen molar-refractivity contribution in [3.8, 4) is 0 Å². The maximum absolute atomic E-state index is 11.8. The van der Waals surface area contributed by atoms with E-state index < -0.39 is 7.12 Å². The molecule has 5 nitrogen and oxygen atoms in total. The number of amides is 1. The Kier molecular flexibility index (Phi) is 7.02. The van der Waals surface area contributed by atoms with E-state index >= 15 is 0 Å². The fourth-order valence-electron chi connectivity index (χ4n) is 2.24. The highest BCUT2D eigenvalue weighted by Gasteiger charge is 2.13. The van der Waals surface area contributed by atoms with Crippen LogP contribution in [0.15, 0.2) is 24.3 Å². The lowest BCUT2D eigenvalue weighted by Crippen LogP contribution is -2.34. The molecule has 3 N–H and O–H groups in total. The topological polar surface area (TPSA) is 72.8 Å². The van der Waals surface area contributed by atoms with Crippen LogP contribution in [0.5, 0.6) is 0 Å². The summed E-state index contributed by atoms with van der Waals surface area (Å²) in [6.45, 7) is 3.78.